The number of alkyl halides is 3. The fraction of sp³-hybridized carbons (Fsp3) is 0.133. The van der Waals surface area contributed by atoms with Gasteiger partial charge in [0.15, 0.2) is 0 Å². The lowest BCUT2D eigenvalue weighted by molar-refractivity contribution is -0.0328. The number of aromatic nitrogens is 1. The van der Waals surface area contributed by atoms with Gasteiger partial charge in [0.1, 0.15) is 10.8 Å². The van der Waals surface area contributed by atoms with Crippen molar-refractivity contribution in [3.05, 3.63) is 41.8 Å². The van der Waals surface area contributed by atoms with Crippen LogP contribution in [0.2, 0.25) is 0 Å². The Hall–Kier alpha value is -1.73. The molecule has 0 radical (unpaired) electrons. The molecule has 2 heterocycles. The second-order valence-electron chi connectivity index (χ2n) is 4.43. The predicted octanol–water partition coefficient (Wildman–Crippen LogP) is 5.58. The number of benzene rings is 1. The number of ether oxygens (including phenoxy) is 1. The lowest BCUT2D eigenvalue weighted by atomic mass is 10.1. The van der Waals surface area contributed by atoms with Crippen LogP contribution >= 0.6 is 23.1 Å². The van der Waals surface area contributed by atoms with Crippen LogP contribution in [-0.2, 0) is 0 Å². The van der Waals surface area contributed by atoms with Crippen LogP contribution in [0.25, 0.3) is 21.3 Å². The van der Waals surface area contributed by atoms with Crippen molar-refractivity contribution >= 4 is 33.2 Å². The first kappa shape index (κ1) is 15.2. The molecule has 0 amide bonds. The summed E-state index contributed by atoms with van der Waals surface area (Å²) in [6.07, 6.45) is 0. The maximum Gasteiger partial charge on any atom is 0.447 e. The number of fused-ring (bicyclic) bond motifs is 1. The molecular formula is C15H10F3NOS2. The Labute approximate surface area is 132 Å². The van der Waals surface area contributed by atoms with E-state index in [-0.39, 0.29) is 16.8 Å². The number of hydrogen-bond acceptors (Lipinski definition) is 4. The van der Waals surface area contributed by atoms with Gasteiger partial charge in [-0.2, -0.15) is 13.2 Å². The maximum atomic E-state index is 12.7. The molecule has 1 aromatic carbocycles. The molecule has 0 N–H and O–H groups in total. The van der Waals surface area contributed by atoms with Crippen LogP contribution in [0.1, 0.15) is 0 Å². The highest BCUT2D eigenvalue weighted by Gasteiger charge is 2.31. The zero-order valence-electron chi connectivity index (χ0n) is 11.3. The number of thiophene rings is 1. The van der Waals surface area contributed by atoms with Gasteiger partial charge < -0.3 is 4.74 Å². The molecule has 0 bridgehead atoms. The lowest BCUT2D eigenvalue weighted by Gasteiger charge is -2.09. The van der Waals surface area contributed by atoms with E-state index in [1.165, 1.54) is 11.3 Å². The molecule has 114 valence electrons. The second kappa shape index (κ2) is 5.81. The molecule has 3 aromatic rings. The third kappa shape index (κ3) is 3.20. The van der Waals surface area contributed by atoms with Crippen molar-refractivity contribution < 1.29 is 17.9 Å². The monoisotopic (exact) mass is 341 g/mol. The van der Waals surface area contributed by atoms with Gasteiger partial charge >= 0.3 is 5.51 Å². The topological polar surface area (TPSA) is 22.1 Å². The van der Waals surface area contributed by atoms with E-state index >= 15 is 0 Å². The molecule has 0 aliphatic rings. The Morgan fingerprint density at radius 3 is 2.50 bits per heavy atom. The van der Waals surface area contributed by atoms with Gasteiger partial charge in [0, 0.05) is 17.3 Å². The number of pyridine rings is 1. The van der Waals surface area contributed by atoms with E-state index in [0.717, 1.165) is 10.9 Å². The molecule has 0 saturated heterocycles. The van der Waals surface area contributed by atoms with E-state index in [9.17, 15) is 13.2 Å². The molecule has 7 heteroatoms. The summed E-state index contributed by atoms with van der Waals surface area (Å²) in [6, 6.07) is 10.7. The largest absolute Gasteiger partial charge is 0.497 e. The first-order valence-corrected chi connectivity index (χ1v) is 7.94. The van der Waals surface area contributed by atoms with Crippen LogP contribution in [0.4, 0.5) is 13.2 Å². The Balaban J connectivity index is 2.09. The molecule has 2 aromatic heterocycles. The van der Waals surface area contributed by atoms with E-state index in [0.29, 0.717) is 16.1 Å². The number of thioether (sulfide) groups is 1. The van der Waals surface area contributed by atoms with Crippen molar-refractivity contribution in [1.82, 2.24) is 4.98 Å². The molecule has 0 aliphatic heterocycles. The fourth-order valence-corrected chi connectivity index (χ4v) is 3.64. The van der Waals surface area contributed by atoms with Crippen LogP contribution in [0, 0.1) is 0 Å². The minimum Gasteiger partial charge on any atom is -0.497 e. The Morgan fingerprint density at radius 1 is 1.14 bits per heavy atom. The molecule has 0 fully saturated rings. The number of methoxy groups -OCH3 is 1. The van der Waals surface area contributed by atoms with Crippen LogP contribution in [-0.4, -0.2) is 17.6 Å². The molecule has 2 nitrogen and oxygen atoms in total. The number of halogens is 3. The maximum absolute atomic E-state index is 12.7. The third-order valence-corrected chi connectivity index (χ3v) is 4.79. The molecule has 22 heavy (non-hydrogen) atoms. The van der Waals surface area contributed by atoms with E-state index in [4.69, 9.17) is 4.74 Å². The summed E-state index contributed by atoms with van der Waals surface area (Å²) in [7, 11) is 1.56. The highest BCUT2D eigenvalue weighted by Crippen LogP contribution is 2.42. The van der Waals surface area contributed by atoms with Gasteiger partial charge in [-0.15, -0.1) is 11.3 Å². The SMILES string of the molecule is COc1ccc(-c2cc3ccsc3c(SC(F)(F)F)n2)cc1. The standard InChI is InChI=1S/C15H10F3NOS2/c1-20-11-4-2-9(3-5-11)12-8-10-6-7-21-13(10)14(19-12)22-15(16,17)18/h2-8H,1H3. The smallest absolute Gasteiger partial charge is 0.447 e. The molecular weight excluding hydrogens is 331 g/mol. The van der Waals surface area contributed by atoms with E-state index < -0.39 is 5.51 Å². The van der Waals surface area contributed by atoms with Gasteiger partial charge in [0.05, 0.1) is 17.5 Å². The molecule has 0 saturated carbocycles. The van der Waals surface area contributed by atoms with E-state index in [1.807, 2.05) is 0 Å². The highest BCUT2D eigenvalue weighted by molar-refractivity contribution is 8.00. The summed E-state index contributed by atoms with van der Waals surface area (Å²) in [4.78, 5) is 4.20. The second-order valence-corrected chi connectivity index (χ2v) is 6.40. The minimum absolute atomic E-state index is 0.00850. The average Bonchev–Trinajstić information content (AvgIpc) is 2.94. The molecule has 0 unspecified atom stereocenters. The van der Waals surface area contributed by atoms with Crippen LogP contribution in [0.3, 0.4) is 0 Å². The zero-order chi connectivity index (χ0) is 15.7. The minimum atomic E-state index is -4.36. The number of rotatable bonds is 3. The van der Waals surface area contributed by atoms with Crippen molar-refractivity contribution in [2.24, 2.45) is 0 Å². The van der Waals surface area contributed by atoms with Gasteiger partial charge in [0.25, 0.3) is 0 Å². The van der Waals surface area contributed by atoms with Crippen molar-refractivity contribution in [3.8, 4) is 17.0 Å². The van der Waals surface area contributed by atoms with Crippen LogP contribution in [0.15, 0.2) is 46.8 Å². The van der Waals surface area contributed by atoms with Gasteiger partial charge in [-0.05, 0) is 47.2 Å². The molecule has 0 spiro atoms. The van der Waals surface area contributed by atoms with Crippen molar-refractivity contribution in [1.29, 1.82) is 0 Å². The lowest BCUT2D eigenvalue weighted by Crippen LogP contribution is -2.01. The highest BCUT2D eigenvalue weighted by atomic mass is 32.2. The van der Waals surface area contributed by atoms with Gasteiger partial charge in [-0.25, -0.2) is 4.98 Å². The summed E-state index contributed by atoms with van der Waals surface area (Å²) in [6.45, 7) is 0. The first-order chi connectivity index (χ1) is 10.5. The Bertz CT molecular complexity index is 797. The number of nitrogens with zero attached hydrogens (tertiary/aromatic N) is 1. The van der Waals surface area contributed by atoms with Crippen molar-refractivity contribution in [2.45, 2.75) is 10.5 Å². The summed E-state index contributed by atoms with van der Waals surface area (Å²) in [5, 5.41) is 2.52. The van der Waals surface area contributed by atoms with E-state index in [2.05, 4.69) is 4.98 Å². The normalized spacial score (nSPS) is 11.8. The summed E-state index contributed by atoms with van der Waals surface area (Å²) in [5.74, 6) is 0.685. The summed E-state index contributed by atoms with van der Waals surface area (Å²) >= 11 is 1.09. The van der Waals surface area contributed by atoms with Crippen molar-refractivity contribution in [3.63, 3.8) is 0 Å². The quantitative estimate of drug-likeness (QED) is 0.580. The summed E-state index contributed by atoms with van der Waals surface area (Å²) in [5.41, 5.74) is -3.10. The van der Waals surface area contributed by atoms with E-state index in [1.54, 1.807) is 48.9 Å². The third-order valence-electron chi connectivity index (χ3n) is 3.00. The molecule has 0 atom stereocenters. The Kier molecular flexibility index (Phi) is 4.01. The Morgan fingerprint density at radius 2 is 1.86 bits per heavy atom. The number of hydrogen-bond donors (Lipinski definition) is 0. The predicted molar refractivity (Wildman–Crippen MR) is 83.5 cm³/mol. The van der Waals surface area contributed by atoms with Gasteiger partial charge in [-0.1, -0.05) is 0 Å². The van der Waals surface area contributed by atoms with Crippen LogP contribution < -0.4 is 4.74 Å². The molecule has 0 aliphatic carbocycles. The summed E-state index contributed by atoms with van der Waals surface area (Å²) < 4.78 is 43.8. The zero-order valence-corrected chi connectivity index (χ0v) is 13.0. The molecule has 3 rings (SSSR count). The van der Waals surface area contributed by atoms with Gasteiger partial charge in [0.2, 0.25) is 0 Å². The van der Waals surface area contributed by atoms with Crippen molar-refractivity contribution in [2.75, 3.05) is 7.11 Å². The van der Waals surface area contributed by atoms with Gasteiger partial charge in [-0.3, -0.25) is 0 Å². The fourth-order valence-electron chi connectivity index (χ4n) is 2.03. The van der Waals surface area contributed by atoms with Crippen LogP contribution in [0.5, 0.6) is 5.75 Å². The first-order valence-electron chi connectivity index (χ1n) is 6.25. The average molecular weight is 341 g/mol.